The van der Waals surface area contributed by atoms with Crippen molar-refractivity contribution >= 4 is 5.78 Å². The van der Waals surface area contributed by atoms with E-state index in [-0.39, 0.29) is 23.8 Å². The largest absolute Gasteiger partial charge is 0.377 e. The Balaban J connectivity index is 1.84. The molecule has 2 atom stereocenters. The Kier molecular flexibility index (Phi) is 5.23. The third-order valence-electron chi connectivity index (χ3n) is 3.61. The lowest BCUT2D eigenvalue weighted by Gasteiger charge is -2.13. The topological polar surface area (TPSA) is 38.8 Å². The summed E-state index contributed by atoms with van der Waals surface area (Å²) in [5, 5.41) is 0. The molecule has 20 heavy (non-hydrogen) atoms. The summed E-state index contributed by atoms with van der Waals surface area (Å²) in [6.45, 7) is 1.77. The number of carbonyl (C=O) groups excluding carboxylic acids is 1. The molecule has 1 aliphatic rings. The maximum atomic E-state index is 12.8. The zero-order valence-electron chi connectivity index (χ0n) is 11.8. The van der Waals surface area contributed by atoms with Crippen LogP contribution in [0, 0.1) is 5.82 Å². The molecule has 1 aromatic rings. The van der Waals surface area contributed by atoms with Crippen LogP contribution in [0.4, 0.5) is 4.39 Å². The molecule has 0 N–H and O–H groups in total. The number of rotatable bonds is 6. The highest BCUT2D eigenvalue weighted by Gasteiger charge is 2.33. The van der Waals surface area contributed by atoms with Gasteiger partial charge in [0.2, 0.25) is 0 Å². The van der Waals surface area contributed by atoms with Gasteiger partial charge in [0.1, 0.15) is 5.82 Å². The van der Waals surface area contributed by atoms with Crippen LogP contribution >= 0.6 is 0 Å². The molecular weight excluding hydrogens is 261 g/mol. The van der Waals surface area contributed by atoms with E-state index in [9.17, 15) is 9.18 Å². The maximum Gasteiger partial charge on any atom is 0.151 e. The number of benzene rings is 1. The average Bonchev–Trinajstić information content (AvgIpc) is 2.83. The van der Waals surface area contributed by atoms with Crippen molar-refractivity contribution in [3.63, 3.8) is 0 Å². The van der Waals surface area contributed by atoms with Crippen LogP contribution in [-0.4, -0.2) is 56.7 Å². The fraction of sp³-hybridized carbons (Fsp3) is 0.533. The third-order valence-corrected chi connectivity index (χ3v) is 3.61. The molecule has 0 saturated carbocycles. The zero-order valence-corrected chi connectivity index (χ0v) is 11.8. The fourth-order valence-electron chi connectivity index (χ4n) is 2.54. The highest BCUT2D eigenvalue weighted by atomic mass is 19.1. The van der Waals surface area contributed by atoms with Crippen LogP contribution in [0.25, 0.3) is 0 Å². The molecule has 0 aromatic heterocycles. The van der Waals surface area contributed by atoms with E-state index in [2.05, 4.69) is 0 Å². The second kappa shape index (κ2) is 6.92. The molecule has 0 spiro atoms. The van der Waals surface area contributed by atoms with Gasteiger partial charge in [0.05, 0.1) is 18.8 Å². The number of carbonyl (C=O) groups is 1. The van der Waals surface area contributed by atoms with Gasteiger partial charge in [-0.2, -0.15) is 0 Å². The van der Waals surface area contributed by atoms with Crippen LogP contribution in [-0.2, 0) is 20.7 Å². The standard InChI is InChI=1S/C15H20FNO3/c1-19-14-9-17(10-15(14)20-2)8-13(18)7-11-3-5-12(16)6-4-11/h3-6,14-15H,7-10H2,1-2H3. The number of methoxy groups -OCH3 is 2. The molecule has 0 radical (unpaired) electrons. The second-order valence-electron chi connectivity index (χ2n) is 5.08. The van der Waals surface area contributed by atoms with E-state index in [4.69, 9.17) is 9.47 Å². The number of hydrogen-bond acceptors (Lipinski definition) is 4. The van der Waals surface area contributed by atoms with Crippen molar-refractivity contribution in [2.45, 2.75) is 18.6 Å². The van der Waals surface area contributed by atoms with Crippen molar-refractivity contribution in [1.82, 2.24) is 4.90 Å². The van der Waals surface area contributed by atoms with E-state index in [1.54, 1.807) is 26.4 Å². The molecule has 0 bridgehead atoms. The third kappa shape index (κ3) is 3.85. The average molecular weight is 281 g/mol. The van der Waals surface area contributed by atoms with Crippen molar-refractivity contribution in [3.8, 4) is 0 Å². The summed E-state index contributed by atoms with van der Waals surface area (Å²) in [5.41, 5.74) is 0.835. The summed E-state index contributed by atoms with van der Waals surface area (Å²) < 4.78 is 23.5. The highest BCUT2D eigenvalue weighted by molar-refractivity contribution is 5.82. The van der Waals surface area contributed by atoms with Crippen LogP contribution in [0.5, 0.6) is 0 Å². The Morgan fingerprint density at radius 3 is 2.25 bits per heavy atom. The summed E-state index contributed by atoms with van der Waals surface area (Å²) >= 11 is 0. The highest BCUT2D eigenvalue weighted by Crippen LogP contribution is 2.15. The summed E-state index contributed by atoms with van der Waals surface area (Å²) in [6, 6.07) is 6.04. The zero-order chi connectivity index (χ0) is 14.5. The van der Waals surface area contributed by atoms with Crippen LogP contribution in [0.15, 0.2) is 24.3 Å². The van der Waals surface area contributed by atoms with Crippen LogP contribution < -0.4 is 0 Å². The van der Waals surface area contributed by atoms with Crippen LogP contribution in [0.1, 0.15) is 5.56 Å². The van der Waals surface area contributed by atoms with Gasteiger partial charge in [0.15, 0.2) is 5.78 Å². The fourth-order valence-corrected chi connectivity index (χ4v) is 2.54. The molecule has 1 heterocycles. The molecule has 0 amide bonds. The maximum absolute atomic E-state index is 12.8. The van der Waals surface area contributed by atoms with Crippen LogP contribution in [0.3, 0.4) is 0 Å². The van der Waals surface area contributed by atoms with E-state index in [0.29, 0.717) is 26.1 Å². The summed E-state index contributed by atoms with van der Waals surface area (Å²) in [4.78, 5) is 14.1. The molecule has 1 aliphatic heterocycles. The summed E-state index contributed by atoms with van der Waals surface area (Å²) in [6.07, 6.45) is 0.351. The minimum absolute atomic E-state index is 0.0126. The molecule has 110 valence electrons. The smallest absolute Gasteiger partial charge is 0.151 e. The molecule has 2 unspecified atom stereocenters. The summed E-state index contributed by atoms with van der Waals surface area (Å²) in [7, 11) is 3.31. The van der Waals surface area contributed by atoms with Gasteiger partial charge >= 0.3 is 0 Å². The number of ketones is 1. The molecule has 1 aromatic carbocycles. The Hall–Kier alpha value is -1.30. The molecule has 1 fully saturated rings. The first-order chi connectivity index (χ1) is 9.62. The minimum Gasteiger partial charge on any atom is -0.377 e. The second-order valence-corrected chi connectivity index (χ2v) is 5.08. The first-order valence-corrected chi connectivity index (χ1v) is 6.66. The first kappa shape index (κ1) is 15.1. The molecule has 1 saturated heterocycles. The number of nitrogens with zero attached hydrogens (tertiary/aromatic N) is 1. The quantitative estimate of drug-likeness (QED) is 0.787. The van der Waals surface area contributed by atoms with Gasteiger partial charge in [-0.25, -0.2) is 4.39 Å². The molecular formula is C15H20FNO3. The molecule has 4 nitrogen and oxygen atoms in total. The van der Waals surface area contributed by atoms with Gasteiger partial charge in [-0.15, -0.1) is 0 Å². The number of likely N-dealkylation sites (tertiary alicyclic amines) is 1. The minimum atomic E-state index is -0.286. The predicted octanol–water partition coefficient (Wildman–Crippen LogP) is 1.28. The Morgan fingerprint density at radius 2 is 1.75 bits per heavy atom. The summed E-state index contributed by atoms with van der Waals surface area (Å²) in [5.74, 6) is -0.171. The Bertz CT molecular complexity index is 437. The van der Waals surface area contributed by atoms with Gasteiger partial charge in [-0.1, -0.05) is 12.1 Å². The van der Waals surface area contributed by atoms with E-state index < -0.39 is 0 Å². The lowest BCUT2D eigenvalue weighted by atomic mass is 10.1. The van der Waals surface area contributed by atoms with E-state index in [1.807, 2.05) is 4.90 Å². The van der Waals surface area contributed by atoms with E-state index in [0.717, 1.165) is 5.56 Å². The van der Waals surface area contributed by atoms with E-state index in [1.165, 1.54) is 12.1 Å². The van der Waals surface area contributed by atoms with Gasteiger partial charge in [0.25, 0.3) is 0 Å². The van der Waals surface area contributed by atoms with Crippen molar-refractivity contribution in [2.24, 2.45) is 0 Å². The molecule has 2 rings (SSSR count). The number of Topliss-reactive ketones (excluding diaryl/α,β-unsaturated/α-hetero) is 1. The Labute approximate surface area is 118 Å². The lowest BCUT2D eigenvalue weighted by molar-refractivity contribution is -0.119. The SMILES string of the molecule is COC1CN(CC(=O)Cc2ccc(F)cc2)CC1OC. The molecule has 0 aliphatic carbocycles. The molecule has 5 heteroatoms. The number of halogens is 1. The van der Waals surface area contributed by atoms with Crippen molar-refractivity contribution in [3.05, 3.63) is 35.6 Å². The normalized spacial score (nSPS) is 23.1. The van der Waals surface area contributed by atoms with Gasteiger partial charge in [-0.3, -0.25) is 9.69 Å². The van der Waals surface area contributed by atoms with Crippen molar-refractivity contribution < 1.29 is 18.7 Å². The monoisotopic (exact) mass is 281 g/mol. The van der Waals surface area contributed by atoms with Crippen LogP contribution in [0.2, 0.25) is 0 Å². The van der Waals surface area contributed by atoms with Gasteiger partial charge < -0.3 is 9.47 Å². The van der Waals surface area contributed by atoms with Crippen molar-refractivity contribution in [1.29, 1.82) is 0 Å². The van der Waals surface area contributed by atoms with E-state index >= 15 is 0 Å². The first-order valence-electron chi connectivity index (χ1n) is 6.66. The predicted molar refractivity (Wildman–Crippen MR) is 73.1 cm³/mol. The Morgan fingerprint density at radius 1 is 1.20 bits per heavy atom. The van der Waals surface area contributed by atoms with Gasteiger partial charge in [-0.05, 0) is 17.7 Å². The number of ether oxygens (including phenoxy) is 2. The van der Waals surface area contributed by atoms with Crippen molar-refractivity contribution in [2.75, 3.05) is 33.9 Å². The van der Waals surface area contributed by atoms with Gasteiger partial charge in [0, 0.05) is 33.7 Å². The number of hydrogen-bond donors (Lipinski definition) is 0. The lowest BCUT2D eigenvalue weighted by Crippen LogP contribution is -2.29.